The van der Waals surface area contributed by atoms with Gasteiger partial charge in [0.25, 0.3) is 11.8 Å². The highest BCUT2D eigenvalue weighted by Gasteiger charge is 2.49. The summed E-state index contributed by atoms with van der Waals surface area (Å²) in [6.45, 7) is 5.05. The summed E-state index contributed by atoms with van der Waals surface area (Å²) in [4.78, 5) is 28.0. The molecule has 28 heavy (non-hydrogen) atoms. The number of rotatable bonds is 1. The van der Waals surface area contributed by atoms with Gasteiger partial charge in [-0.2, -0.15) is 0 Å². The SMILES string of the molecule is CC1CN2C(=O)/C(=C3\SC(=S)NC3=O)c3cccc(c32)C1(C)c1ccccc1. The van der Waals surface area contributed by atoms with Crippen LogP contribution in [0, 0.1) is 5.92 Å². The molecule has 2 aromatic rings. The summed E-state index contributed by atoms with van der Waals surface area (Å²) in [7, 11) is 0. The molecule has 2 aromatic carbocycles. The van der Waals surface area contributed by atoms with Gasteiger partial charge in [0.05, 0.1) is 16.2 Å². The second-order valence-corrected chi connectivity index (χ2v) is 9.32. The molecule has 1 fully saturated rings. The topological polar surface area (TPSA) is 49.4 Å². The van der Waals surface area contributed by atoms with Gasteiger partial charge in [-0.1, -0.05) is 86.4 Å². The summed E-state index contributed by atoms with van der Waals surface area (Å²) >= 11 is 6.31. The van der Waals surface area contributed by atoms with Crippen LogP contribution in [0.4, 0.5) is 5.69 Å². The van der Waals surface area contributed by atoms with Crippen LogP contribution in [0.3, 0.4) is 0 Å². The largest absolute Gasteiger partial charge is 0.307 e. The zero-order valence-electron chi connectivity index (χ0n) is 15.5. The number of nitrogens with one attached hydrogen (secondary N) is 1. The Balaban J connectivity index is 1.78. The van der Waals surface area contributed by atoms with Gasteiger partial charge < -0.3 is 10.2 Å². The standard InChI is InChI=1S/C22H18N2O2S2/c1-12-11-24-17-14(16(20(24)26)18-19(25)23-21(27)28-18)9-6-10-15(17)22(12,2)13-7-4-3-5-8-13/h3-10,12H,11H2,1-2H3,(H,23,25,27)/b18-16-. The summed E-state index contributed by atoms with van der Waals surface area (Å²) in [5.74, 6) is -0.168. The van der Waals surface area contributed by atoms with Crippen molar-refractivity contribution in [3.05, 3.63) is 70.1 Å². The number of nitrogens with zero attached hydrogens (tertiary/aromatic N) is 1. The molecule has 0 aromatic heterocycles. The molecule has 3 heterocycles. The van der Waals surface area contributed by atoms with Crippen molar-refractivity contribution < 1.29 is 9.59 Å². The zero-order valence-corrected chi connectivity index (χ0v) is 17.1. The number of carbonyl (C=O) groups is 2. The van der Waals surface area contributed by atoms with Crippen LogP contribution in [0.5, 0.6) is 0 Å². The summed E-state index contributed by atoms with van der Waals surface area (Å²) in [5, 5.41) is 2.64. The van der Waals surface area contributed by atoms with Crippen LogP contribution in [-0.2, 0) is 15.0 Å². The summed E-state index contributed by atoms with van der Waals surface area (Å²) < 4.78 is 0.397. The Morgan fingerprint density at radius 1 is 1.14 bits per heavy atom. The minimum Gasteiger partial charge on any atom is -0.307 e. The third kappa shape index (κ3) is 2.22. The highest BCUT2D eigenvalue weighted by molar-refractivity contribution is 8.27. The second-order valence-electron chi connectivity index (χ2n) is 7.63. The minimum absolute atomic E-state index is 0.105. The molecular formula is C22H18N2O2S2. The normalized spacial score (nSPS) is 28.6. The molecule has 6 heteroatoms. The molecule has 3 aliphatic heterocycles. The van der Waals surface area contributed by atoms with E-state index in [2.05, 4.69) is 49.5 Å². The summed E-state index contributed by atoms with van der Waals surface area (Å²) in [6, 6.07) is 16.5. The van der Waals surface area contributed by atoms with Crippen molar-refractivity contribution in [2.75, 3.05) is 11.4 Å². The molecule has 2 atom stereocenters. The first-order valence-corrected chi connectivity index (χ1v) is 10.4. The van der Waals surface area contributed by atoms with Gasteiger partial charge in [-0.3, -0.25) is 9.59 Å². The fourth-order valence-electron chi connectivity index (χ4n) is 4.63. The molecule has 3 aliphatic rings. The van der Waals surface area contributed by atoms with Crippen molar-refractivity contribution in [2.45, 2.75) is 19.3 Å². The lowest BCUT2D eigenvalue weighted by Crippen LogP contribution is -2.46. The number of thiocarbonyl (C=S) groups is 1. The predicted molar refractivity (Wildman–Crippen MR) is 116 cm³/mol. The van der Waals surface area contributed by atoms with Gasteiger partial charge in [-0.25, -0.2) is 0 Å². The van der Waals surface area contributed by atoms with Crippen LogP contribution in [0.15, 0.2) is 53.4 Å². The van der Waals surface area contributed by atoms with Gasteiger partial charge >= 0.3 is 0 Å². The Morgan fingerprint density at radius 2 is 1.89 bits per heavy atom. The molecule has 2 unspecified atom stereocenters. The predicted octanol–water partition coefficient (Wildman–Crippen LogP) is 3.85. The number of hydrogen-bond donors (Lipinski definition) is 1. The van der Waals surface area contributed by atoms with Crippen molar-refractivity contribution >= 4 is 51.4 Å². The van der Waals surface area contributed by atoms with E-state index in [9.17, 15) is 9.59 Å². The number of carbonyl (C=O) groups excluding carboxylic acids is 2. The Kier molecular flexibility index (Phi) is 3.80. The fraction of sp³-hybridized carbons (Fsp3) is 0.227. The molecule has 1 saturated heterocycles. The van der Waals surface area contributed by atoms with Crippen molar-refractivity contribution in [3.8, 4) is 0 Å². The second kappa shape index (κ2) is 6.03. The molecular weight excluding hydrogens is 388 g/mol. The van der Waals surface area contributed by atoms with E-state index in [-0.39, 0.29) is 23.1 Å². The Labute approximate surface area is 173 Å². The molecule has 1 N–H and O–H groups in total. The quantitative estimate of drug-likeness (QED) is 0.577. The lowest BCUT2D eigenvalue weighted by molar-refractivity contribution is -0.116. The van der Waals surface area contributed by atoms with E-state index in [0.29, 0.717) is 21.3 Å². The van der Waals surface area contributed by atoms with Gasteiger partial charge in [0.1, 0.15) is 4.32 Å². The van der Waals surface area contributed by atoms with E-state index in [0.717, 1.165) is 16.8 Å². The third-order valence-corrected chi connectivity index (χ3v) is 7.49. The Morgan fingerprint density at radius 3 is 2.57 bits per heavy atom. The molecule has 0 bridgehead atoms. The van der Waals surface area contributed by atoms with Crippen LogP contribution in [0.25, 0.3) is 5.57 Å². The number of anilines is 1. The fourth-order valence-corrected chi connectivity index (χ4v) is 5.74. The van der Waals surface area contributed by atoms with Crippen LogP contribution < -0.4 is 10.2 Å². The van der Waals surface area contributed by atoms with Crippen molar-refractivity contribution in [2.24, 2.45) is 5.92 Å². The number of para-hydroxylation sites is 1. The zero-order chi connectivity index (χ0) is 19.6. The smallest absolute Gasteiger partial charge is 0.264 e. The number of benzene rings is 2. The van der Waals surface area contributed by atoms with Crippen LogP contribution in [-0.4, -0.2) is 22.7 Å². The first-order valence-electron chi connectivity index (χ1n) is 9.21. The molecule has 4 nitrogen and oxygen atoms in total. The van der Waals surface area contributed by atoms with Crippen molar-refractivity contribution in [1.82, 2.24) is 5.32 Å². The average molecular weight is 407 g/mol. The van der Waals surface area contributed by atoms with Crippen molar-refractivity contribution in [1.29, 1.82) is 0 Å². The van der Waals surface area contributed by atoms with Crippen LogP contribution in [0.2, 0.25) is 0 Å². The first kappa shape index (κ1) is 17.6. The van der Waals surface area contributed by atoms with E-state index >= 15 is 0 Å². The molecule has 0 spiro atoms. The van der Waals surface area contributed by atoms with E-state index in [1.807, 2.05) is 23.1 Å². The van der Waals surface area contributed by atoms with Crippen LogP contribution >= 0.6 is 24.0 Å². The molecule has 0 aliphatic carbocycles. The highest BCUT2D eigenvalue weighted by Crippen LogP contribution is 2.54. The molecule has 5 rings (SSSR count). The number of hydrogen-bond acceptors (Lipinski definition) is 4. The van der Waals surface area contributed by atoms with Gasteiger partial charge in [-0.15, -0.1) is 0 Å². The molecule has 0 radical (unpaired) electrons. The first-order chi connectivity index (χ1) is 13.4. The van der Waals surface area contributed by atoms with Gasteiger partial charge in [-0.05, 0) is 17.0 Å². The Bertz CT molecular complexity index is 1090. The van der Waals surface area contributed by atoms with E-state index in [1.54, 1.807) is 0 Å². The van der Waals surface area contributed by atoms with E-state index in [4.69, 9.17) is 12.2 Å². The van der Waals surface area contributed by atoms with Gasteiger partial charge in [0.15, 0.2) is 0 Å². The van der Waals surface area contributed by atoms with Crippen LogP contribution in [0.1, 0.15) is 30.5 Å². The average Bonchev–Trinajstić information content (AvgIpc) is 3.16. The van der Waals surface area contributed by atoms with E-state index in [1.165, 1.54) is 17.3 Å². The van der Waals surface area contributed by atoms with Crippen molar-refractivity contribution in [3.63, 3.8) is 0 Å². The monoisotopic (exact) mass is 406 g/mol. The van der Waals surface area contributed by atoms with E-state index < -0.39 is 0 Å². The Hall–Kier alpha value is -2.44. The molecule has 0 saturated carbocycles. The third-order valence-electron chi connectivity index (χ3n) is 6.25. The molecule has 2 amide bonds. The maximum absolute atomic E-state index is 13.3. The maximum Gasteiger partial charge on any atom is 0.264 e. The van der Waals surface area contributed by atoms with Gasteiger partial charge in [0.2, 0.25) is 0 Å². The maximum atomic E-state index is 13.3. The summed E-state index contributed by atoms with van der Waals surface area (Å²) in [6.07, 6.45) is 0. The summed E-state index contributed by atoms with van der Waals surface area (Å²) in [5.41, 5.74) is 4.39. The lowest BCUT2D eigenvalue weighted by Gasteiger charge is -2.45. The highest BCUT2D eigenvalue weighted by atomic mass is 32.2. The molecule has 140 valence electrons. The van der Waals surface area contributed by atoms with Gasteiger partial charge in [0, 0.05) is 17.5 Å². The lowest BCUT2D eigenvalue weighted by atomic mass is 9.65. The number of thioether (sulfide) groups is 1. The minimum atomic E-state index is -0.283. The number of amides is 2.